The van der Waals surface area contributed by atoms with Crippen molar-refractivity contribution in [3.8, 4) is 0 Å². The van der Waals surface area contributed by atoms with E-state index in [1.807, 2.05) is 0 Å². The van der Waals surface area contributed by atoms with Gasteiger partial charge in [-0.1, -0.05) is 34.1 Å². The summed E-state index contributed by atoms with van der Waals surface area (Å²) in [6, 6.07) is 0. The molecule has 0 saturated carbocycles. The molecule has 0 spiro atoms. The predicted molar refractivity (Wildman–Crippen MR) is 57.7 cm³/mol. The topological polar surface area (TPSA) is 35.2 Å². The van der Waals surface area contributed by atoms with Gasteiger partial charge < -0.3 is 10.5 Å². The fourth-order valence-corrected chi connectivity index (χ4v) is 1.40. The Morgan fingerprint density at radius 1 is 1.23 bits per heavy atom. The van der Waals surface area contributed by atoms with E-state index in [4.69, 9.17) is 10.5 Å². The maximum Gasteiger partial charge on any atom is 0.0720 e. The van der Waals surface area contributed by atoms with Crippen LogP contribution in [0.2, 0.25) is 0 Å². The van der Waals surface area contributed by atoms with Gasteiger partial charge in [0.25, 0.3) is 0 Å². The van der Waals surface area contributed by atoms with Crippen LogP contribution in [0.5, 0.6) is 0 Å². The third-order valence-corrected chi connectivity index (χ3v) is 2.35. The van der Waals surface area contributed by atoms with Crippen molar-refractivity contribution in [2.45, 2.75) is 46.6 Å². The summed E-state index contributed by atoms with van der Waals surface area (Å²) < 4.78 is 5.74. The summed E-state index contributed by atoms with van der Waals surface area (Å²) in [4.78, 5) is 0. The summed E-state index contributed by atoms with van der Waals surface area (Å²) in [5.41, 5.74) is 5.61. The SMILES string of the molecule is CCCC(C)COC(CN)C(C)C. The molecule has 0 aliphatic carbocycles. The minimum atomic E-state index is 0.235. The second kappa shape index (κ2) is 7.34. The molecule has 0 heterocycles. The zero-order chi connectivity index (χ0) is 10.3. The number of rotatable bonds is 7. The van der Waals surface area contributed by atoms with Crippen LogP contribution in [0.4, 0.5) is 0 Å². The molecular formula is C11H25NO. The van der Waals surface area contributed by atoms with Gasteiger partial charge in [0, 0.05) is 13.2 Å². The van der Waals surface area contributed by atoms with Crippen molar-refractivity contribution in [1.82, 2.24) is 0 Å². The van der Waals surface area contributed by atoms with Crippen LogP contribution in [0, 0.1) is 11.8 Å². The summed E-state index contributed by atoms with van der Waals surface area (Å²) in [6.45, 7) is 10.2. The highest BCUT2D eigenvalue weighted by atomic mass is 16.5. The van der Waals surface area contributed by atoms with Gasteiger partial charge in [-0.05, 0) is 18.3 Å². The molecule has 0 aromatic rings. The number of hydrogen-bond acceptors (Lipinski definition) is 2. The summed E-state index contributed by atoms with van der Waals surface area (Å²) >= 11 is 0. The molecule has 0 aliphatic rings. The van der Waals surface area contributed by atoms with Crippen LogP contribution in [0.1, 0.15) is 40.5 Å². The zero-order valence-corrected chi connectivity index (χ0v) is 9.55. The molecule has 2 atom stereocenters. The first kappa shape index (κ1) is 12.9. The minimum absolute atomic E-state index is 0.235. The van der Waals surface area contributed by atoms with E-state index >= 15 is 0 Å². The second-order valence-corrected chi connectivity index (χ2v) is 4.25. The lowest BCUT2D eigenvalue weighted by atomic mass is 10.1. The summed E-state index contributed by atoms with van der Waals surface area (Å²) in [6.07, 6.45) is 2.72. The van der Waals surface area contributed by atoms with Gasteiger partial charge in [0.15, 0.2) is 0 Å². The minimum Gasteiger partial charge on any atom is -0.376 e. The molecular weight excluding hydrogens is 162 g/mol. The van der Waals surface area contributed by atoms with Crippen LogP contribution < -0.4 is 5.73 Å². The first-order valence-electron chi connectivity index (χ1n) is 5.43. The zero-order valence-electron chi connectivity index (χ0n) is 9.55. The van der Waals surface area contributed by atoms with Gasteiger partial charge in [-0.15, -0.1) is 0 Å². The van der Waals surface area contributed by atoms with Crippen molar-refractivity contribution in [2.24, 2.45) is 17.6 Å². The van der Waals surface area contributed by atoms with E-state index in [1.54, 1.807) is 0 Å². The summed E-state index contributed by atoms with van der Waals surface area (Å²) in [5.74, 6) is 1.19. The molecule has 2 unspecified atom stereocenters. The number of ether oxygens (including phenoxy) is 1. The molecule has 0 radical (unpaired) electrons. The lowest BCUT2D eigenvalue weighted by molar-refractivity contribution is 0.00927. The van der Waals surface area contributed by atoms with Crippen molar-refractivity contribution in [1.29, 1.82) is 0 Å². The largest absolute Gasteiger partial charge is 0.376 e. The smallest absolute Gasteiger partial charge is 0.0720 e. The molecule has 2 nitrogen and oxygen atoms in total. The quantitative estimate of drug-likeness (QED) is 0.664. The van der Waals surface area contributed by atoms with Gasteiger partial charge in [-0.25, -0.2) is 0 Å². The molecule has 0 aliphatic heterocycles. The Bertz CT molecular complexity index is 115. The van der Waals surface area contributed by atoms with Gasteiger partial charge in [0.1, 0.15) is 0 Å². The fourth-order valence-electron chi connectivity index (χ4n) is 1.40. The summed E-state index contributed by atoms with van der Waals surface area (Å²) in [7, 11) is 0. The Morgan fingerprint density at radius 2 is 1.85 bits per heavy atom. The lowest BCUT2D eigenvalue weighted by Gasteiger charge is -2.21. The Kier molecular flexibility index (Phi) is 7.29. The van der Waals surface area contributed by atoms with Crippen LogP contribution in [0.25, 0.3) is 0 Å². The van der Waals surface area contributed by atoms with E-state index in [2.05, 4.69) is 27.7 Å². The third kappa shape index (κ3) is 6.05. The lowest BCUT2D eigenvalue weighted by Crippen LogP contribution is -2.30. The first-order chi connectivity index (χ1) is 6.11. The molecule has 2 heteroatoms. The second-order valence-electron chi connectivity index (χ2n) is 4.25. The van der Waals surface area contributed by atoms with Crippen LogP contribution in [0.3, 0.4) is 0 Å². The van der Waals surface area contributed by atoms with Crippen molar-refractivity contribution in [3.05, 3.63) is 0 Å². The average Bonchev–Trinajstić information content (AvgIpc) is 2.05. The Hall–Kier alpha value is -0.0800. The highest BCUT2D eigenvalue weighted by Crippen LogP contribution is 2.10. The van der Waals surface area contributed by atoms with E-state index in [0.29, 0.717) is 18.4 Å². The molecule has 0 fully saturated rings. The van der Waals surface area contributed by atoms with E-state index in [-0.39, 0.29) is 6.10 Å². The van der Waals surface area contributed by atoms with Crippen molar-refractivity contribution >= 4 is 0 Å². The van der Waals surface area contributed by atoms with E-state index in [9.17, 15) is 0 Å². The molecule has 0 aromatic carbocycles. The predicted octanol–water partition coefficient (Wildman–Crippen LogP) is 2.42. The van der Waals surface area contributed by atoms with E-state index in [0.717, 1.165) is 6.61 Å². The van der Waals surface area contributed by atoms with Gasteiger partial charge in [0.05, 0.1) is 6.10 Å². The number of hydrogen-bond donors (Lipinski definition) is 1. The van der Waals surface area contributed by atoms with E-state index < -0.39 is 0 Å². The normalized spacial score (nSPS) is 16.2. The Balaban J connectivity index is 3.59. The van der Waals surface area contributed by atoms with Crippen LogP contribution in [-0.4, -0.2) is 19.3 Å². The Labute approximate surface area is 82.8 Å². The summed E-state index contributed by atoms with van der Waals surface area (Å²) in [5, 5.41) is 0. The molecule has 0 aromatic heterocycles. The van der Waals surface area contributed by atoms with E-state index in [1.165, 1.54) is 12.8 Å². The molecule has 80 valence electrons. The van der Waals surface area contributed by atoms with Gasteiger partial charge in [0.2, 0.25) is 0 Å². The van der Waals surface area contributed by atoms with Crippen molar-refractivity contribution in [2.75, 3.05) is 13.2 Å². The van der Waals surface area contributed by atoms with Gasteiger partial charge >= 0.3 is 0 Å². The maximum atomic E-state index is 5.74. The monoisotopic (exact) mass is 187 g/mol. The van der Waals surface area contributed by atoms with Gasteiger partial charge in [-0.3, -0.25) is 0 Å². The highest BCUT2D eigenvalue weighted by Gasteiger charge is 2.12. The molecule has 0 rings (SSSR count). The molecule has 0 bridgehead atoms. The van der Waals surface area contributed by atoms with Crippen molar-refractivity contribution in [3.63, 3.8) is 0 Å². The van der Waals surface area contributed by atoms with Gasteiger partial charge in [-0.2, -0.15) is 0 Å². The Morgan fingerprint density at radius 3 is 2.23 bits per heavy atom. The molecule has 0 saturated heterocycles. The first-order valence-corrected chi connectivity index (χ1v) is 5.43. The maximum absolute atomic E-state index is 5.74. The molecule has 2 N–H and O–H groups in total. The highest BCUT2D eigenvalue weighted by molar-refractivity contribution is 4.63. The van der Waals surface area contributed by atoms with Crippen LogP contribution in [-0.2, 0) is 4.74 Å². The third-order valence-electron chi connectivity index (χ3n) is 2.35. The fraction of sp³-hybridized carbons (Fsp3) is 1.00. The average molecular weight is 187 g/mol. The van der Waals surface area contributed by atoms with Crippen molar-refractivity contribution < 1.29 is 4.74 Å². The standard InChI is InChI=1S/C11H25NO/c1-5-6-10(4)8-13-11(7-12)9(2)3/h9-11H,5-8,12H2,1-4H3. The van der Waals surface area contributed by atoms with Crippen LogP contribution >= 0.6 is 0 Å². The van der Waals surface area contributed by atoms with Crippen LogP contribution in [0.15, 0.2) is 0 Å². The molecule has 0 amide bonds. The molecule has 13 heavy (non-hydrogen) atoms. The number of nitrogens with two attached hydrogens (primary N) is 1.